The Morgan fingerprint density at radius 1 is 1.25 bits per heavy atom. The first-order chi connectivity index (χ1) is 17.4. The smallest absolute Gasteiger partial charge is 0.229 e. The van der Waals surface area contributed by atoms with Gasteiger partial charge in [0.2, 0.25) is 11.9 Å². The summed E-state index contributed by atoms with van der Waals surface area (Å²) >= 11 is 1.74. The van der Waals surface area contributed by atoms with Gasteiger partial charge in [-0.1, -0.05) is 0 Å². The maximum Gasteiger partial charge on any atom is 0.229 e. The van der Waals surface area contributed by atoms with Crippen molar-refractivity contribution in [2.45, 2.75) is 30.2 Å². The predicted octanol–water partition coefficient (Wildman–Crippen LogP) is 2.18. The first kappa shape index (κ1) is 23.7. The van der Waals surface area contributed by atoms with E-state index < -0.39 is 11.9 Å². The lowest BCUT2D eigenvalue weighted by atomic mass is 9.83. The molecule has 2 aromatic rings. The van der Waals surface area contributed by atoms with E-state index in [-0.39, 0.29) is 46.7 Å². The van der Waals surface area contributed by atoms with Crippen molar-refractivity contribution in [1.82, 2.24) is 14.9 Å². The van der Waals surface area contributed by atoms with Gasteiger partial charge in [-0.3, -0.25) is 4.79 Å². The number of fused-ring (bicyclic) bond motifs is 5. The van der Waals surface area contributed by atoms with Gasteiger partial charge in [-0.25, -0.2) is 9.37 Å². The number of aliphatic hydroxyl groups excluding tert-OH is 1. The number of carbonyl (C=O) groups is 1. The summed E-state index contributed by atoms with van der Waals surface area (Å²) in [6.45, 7) is 3.73. The number of rotatable bonds is 2. The van der Waals surface area contributed by atoms with Crippen LogP contribution in [0.1, 0.15) is 24.5 Å². The summed E-state index contributed by atoms with van der Waals surface area (Å²) in [5.41, 5.74) is 8.41. The van der Waals surface area contributed by atoms with Gasteiger partial charge in [0.25, 0.3) is 0 Å². The van der Waals surface area contributed by atoms with E-state index in [0.717, 1.165) is 62.2 Å². The van der Waals surface area contributed by atoms with Crippen LogP contribution in [0.2, 0.25) is 0 Å². The molecule has 1 aromatic carbocycles. The van der Waals surface area contributed by atoms with Gasteiger partial charge in [-0.05, 0) is 49.9 Å². The normalized spacial score (nSPS) is 31.9. The van der Waals surface area contributed by atoms with Gasteiger partial charge in [-0.15, -0.1) is 0 Å². The van der Waals surface area contributed by atoms with Crippen LogP contribution in [0.15, 0.2) is 24.4 Å². The number of amides is 1. The highest BCUT2D eigenvalue weighted by Gasteiger charge is 2.55. The molecule has 9 nitrogen and oxygen atoms in total. The Morgan fingerprint density at radius 3 is 2.83 bits per heavy atom. The third-order valence-electron chi connectivity index (χ3n) is 8.27. The van der Waals surface area contributed by atoms with E-state index in [0.29, 0.717) is 5.75 Å². The molecule has 5 N–H and O–H groups in total. The second kappa shape index (κ2) is 9.35. The lowest BCUT2D eigenvalue weighted by molar-refractivity contribution is -0.123. The van der Waals surface area contributed by atoms with Crippen molar-refractivity contribution in [2.24, 2.45) is 23.5 Å². The van der Waals surface area contributed by atoms with Crippen molar-refractivity contribution in [3.8, 4) is 0 Å². The molecule has 1 amide bonds. The van der Waals surface area contributed by atoms with Crippen LogP contribution in [0.3, 0.4) is 0 Å². The minimum atomic E-state index is -0.656. The maximum absolute atomic E-state index is 14.7. The molecule has 11 heteroatoms. The molecule has 3 fully saturated rings. The fourth-order valence-corrected chi connectivity index (χ4v) is 7.97. The van der Waals surface area contributed by atoms with E-state index in [1.807, 2.05) is 18.2 Å². The van der Waals surface area contributed by atoms with Gasteiger partial charge in [0.05, 0.1) is 18.2 Å². The molecule has 4 aliphatic rings. The number of carbonyl (C=O) groups excluding carboxylic acids is 1. The first-order valence-electron chi connectivity index (χ1n) is 12.6. The predicted molar refractivity (Wildman–Crippen MR) is 139 cm³/mol. The standard InChI is InChI=1S/C25H32FN7O2S/c1-32-4-6-33(7-5-32)18-3-2-14-10-15(18)19(34)12-36-20-9-13-8-16(20)22(21(13)23(27)35)30-24-17(26)11-28-25(29-14)31-24/h2-3,10-11,13,16,19-22,34H,4-9,12H2,1H3,(H2,27,35)(H2,28,29,30,31)/t13-,16+,19-,20+,21-,22+/m0/s1. The summed E-state index contributed by atoms with van der Waals surface area (Å²) in [5, 5.41) is 18.0. The fourth-order valence-electron chi connectivity index (χ4n) is 6.45. The number of hydrogen-bond acceptors (Lipinski definition) is 9. The van der Waals surface area contributed by atoms with Crippen molar-refractivity contribution in [1.29, 1.82) is 0 Å². The SMILES string of the molecule is CN1CCN(c2ccc3cc2[C@@H](O)CS[C@@H]2C[C@@H]4C[C@H]2[C@@H](Nc2nc(ncc2F)N3)[C@H]4C(N)=O)CC1. The van der Waals surface area contributed by atoms with Crippen molar-refractivity contribution in [3.05, 3.63) is 35.8 Å². The van der Waals surface area contributed by atoms with Gasteiger partial charge in [0.1, 0.15) is 0 Å². The Morgan fingerprint density at radius 2 is 2.06 bits per heavy atom. The molecule has 0 unspecified atom stereocenters. The van der Waals surface area contributed by atoms with Crippen LogP contribution in [0.4, 0.5) is 27.5 Å². The Balaban J connectivity index is 1.38. The Labute approximate surface area is 214 Å². The molecule has 36 heavy (non-hydrogen) atoms. The zero-order chi connectivity index (χ0) is 25.0. The summed E-state index contributed by atoms with van der Waals surface area (Å²) in [5.74, 6) is -0.135. The second-order valence-electron chi connectivity index (χ2n) is 10.5. The molecular formula is C25H32FN7O2S. The summed E-state index contributed by atoms with van der Waals surface area (Å²) in [6.07, 6.45) is 2.21. The van der Waals surface area contributed by atoms with E-state index in [2.05, 4.69) is 37.4 Å². The Kier molecular flexibility index (Phi) is 6.17. The topological polar surface area (TPSA) is 120 Å². The molecule has 2 saturated carbocycles. The van der Waals surface area contributed by atoms with E-state index >= 15 is 0 Å². The van der Waals surface area contributed by atoms with Crippen LogP contribution in [0, 0.1) is 23.6 Å². The summed E-state index contributed by atoms with van der Waals surface area (Å²) in [6, 6.07) is 5.64. The Hall–Kier alpha value is -2.63. The number of aromatic nitrogens is 2. The molecule has 0 radical (unpaired) electrons. The van der Waals surface area contributed by atoms with E-state index in [1.165, 1.54) is 0 Å². The van der Waals surface area contributed by atoms with Crippen molar-refractivity contribution in [2.75, 3.05) is 54.5 Å². The van der Waals surface area contributed by atoms with Gasteiger partial charge >= 0.3 is 0 Å². The molecule has 6 bridgehead atoms. The number of halogens is 1. The molecule has 0 spiro atoms. The van der Waals surface area contributed by atoms with E-state index in [4.69, 9.17) is 5.73 Å². The number of aliphatic hydroxyl groups is 1. The monoisotopic (exact) mass is 513 g/mol. The number of nitrogens with one attached hydrogen (secondary N) is 2. The zero-order valence-electron chi connectivity index (χ0n) is 20.2. The molecule has 2 aliphatic carbocycles. The number of nitrogens with two attached hydrogens (primary N) is 1. The highest BCUT2D eigenvalue weighted by Crippen LogP contribution is 2.54. The summed E-state index contributed by atoms with van der Waals surface area (Å²) in [4.78, 5) is 25.5. The number of primary amides is 1. The molecular weight excluding hydrogens is 481 g/mol. The average molecular weight is 514 g/mol. The number of hydrogen-bond donors (Lipinski definition) is 4. The van der Waals surface area contributed by atoms with Crippen LogP contribution in [0.5, 0.6) is 0 Å². The van der Waals surface area contributed by atoms with Gasteiger partial charge in [-0.2, -0.15) is 16.7 Å². The zero-order valence-corrected chi connectivity index (χ0v) is 21.0. The minimum absolute atomic E-state index is 0.0754. The quantitative estimate of drug-likeness (QED) is 0.479. The molecule has 1 aromatic heterocycles. The lowest BCUT2D eigenvalue weighted by Crippen LogP contribution is -2.46. The first-order valence-corrected chi connectivity index (χ1v) is 13.6. The molecule has 6 atom stereocenters. The average Bonchev–Trinajstić information content (AvgIpc) is 3.43. The number of anilines is 4. The third-order valence-corrected chi connectivity index (χ3v) is 9.75. The molecule has 3 heterocycles. The van der Waals surface area contributed by atoms with Crippen LogP contribution in [-0.4, -0.2) is 76.2 Å². The van der Waals surface area contributed by atoms with Crippen LogP contribution < -0.4 is 21.3 Å². The van der Waals surface area contributed by atoms with Crippen molar-refractivity contribution in [3.63, 3.8) is 0 Å². The summed E-state index contributed by atoms with van der Waals surface area (Å²) in [7, 11) is 2.12. The number of piperazine rings is 1. The van der Waals surface area contributed by atoms with E-state index in [1.54, 1.807) is 11.8 Å². The van der Waals surface area contributed by atoms with Gasteiger partial charge in [0, 0.05) is 60.2 Å². The van der Waals surface area contributed by atoms with Crippen LogP contribution >= 0.6 is 11.8 Å². The molecule has 2 aliphatic heterocycles. The van der Waals surface area contributed by atoms with Crippen molar-refractivity contribution >= 4 is 40.8 Å². The van der Waals surface area contributed by atoms with E-state index in [9.17, 15) is 14.3 Å². The summed E-state index contributed by atoms with van der Waals surface area (Å²) < 4.78 is 14.7. The van der Waals surface area contributed by atoms with Crippen LogP contribution in [-0.2, 0) is 4.79 Å². The Bertz CT molecular complexity index is 1160. The molecule has 6 rings (SSSR count). The van der Waals surface area contributed by atoms with Crippen LogP contribution in [0.25, 0.3) is 0 Å². The van der Waals surface area contributed by atoms with Gasteiger partial charge in [0.15, 0.2) is 11.6 Å². The number of nitrogens with zero attached hydrogens (tertiary/aromatic N) is 4. The maximum atomic E-state index is 14.7. The largest absolute Gasteiger partial charge is 0.387 e. The molecule has 1 saturated heterocycles. The third kappa shape index (κ3) is 4.26. The highest BCUT2D eigenvalue weighted by atomic mass is 32.2. The van der Waals surface area contributed by atoms with Gasteiger partial charge < -0.3 is 31.3 Å². The van der Waals surface area contributed by atoms with Crippen molar-refractivity contribution < 1.29 is 14.3 Å². The molecule has 192 valence electrons. The highest BCUT2D eigenvalue weighted by molar-refractivity contribution is 7.99. The fraction of sp³-hybridized carbons (Fsp3) is 0.560. The number of benzene rings is 1. The number of likely N-dealkylation sites (N-methyl/N-ethyl adjacent to an activating group) is 1. The minimum Gasteiger partial charge on any atom is -0.387 e. The lowest BCUT2D eigenvalue weighted by Gasteiger charge is -2.37. The number of thioether (sulfide) groups is 1. The second-order valence-corrected chi connectivity index (χ2v) is 11.7.